The standard InChI is InChI=1S/C15H20ClN3/c1-3-9-17-10-15(13-7-5-4-6-8-13)19-11-14(16)12(2)18-19/h4-8,11,15,17H,3,9-10H2,1-2H3. The van der Waals surface area contributed by atoms with Gasteiger partial charge in [-0.05, 0) is 25.5 Å². The lowest BCUT2D eigenvalue weighted by molar-refractivity contribution is 0.478. The molecule has 0 amide bonds. The Bertz CT molecular complexity index is 488. The smallest absolute Gasteiger partial charge is 0.0893 e. The van der Waals surface area contributed by atoms with Crippen LogP contribution in [0.25, 0.3) is 0 Å². The van der Waals surface area contributed by atoms with E-state index in [1.165, 1.54) is 5.56 Å². The van der Waals surface area contributed by atoms with Crippen LogP contribution < -0.4 is 5.32 Å². The molecule has 0 saturated heterocycles. The van der Waals surface area contributed by atoms with Crippen LogP contribution in [0, 0.1) is 6.92 Å². The predicted octanol–water partition coefficient (Wildman–Crippen LogP) is 3.43. The van der Waals surface area contributed by atoms with Gasteiger partial charge in [-0.2, -0.15) is 5.10 Å². The number of hydrogen-bond acceptors (Lipinski definition) is 2. The summed E-state index contributed by atoms with van der Waals surface area (Å²) in [4.78, 5) is 0. The van der Waals surface area contributed by atoms with Crippen LogP contribution in [0.4, 0.5) is 0 Å². The van der Waals surface area contributed by atoms with E-state index >= 15 is 0 Å². The molecule has 19 heavy (non-hydrogen) atoms. The maximum atomic E-state index is 6.12. The number of hydrogen-bond donors (Lipinski definition) is 1. The highest BCUT2D eigenvalue weighted by molar-refractivity contribution is 6.31. The molecule has 1 heterocycles. The van der Waals surface area contributed by atoms with Crippen LogP contribution in [-0.4, -0.2) is 22.9 Å². The largest absolute Gasteiger partial charge is 0.314 e. The Labute approximate surface area is 119 Å². The van der Waals surface area contributed by atoms with E-state index in [0.717, 1.165) is 30.2 Å². The minimum Gasteiger partial charge on any atom is -0.314 e. The van der Waals surface area contributed by atoms with E-state index in [0.29, 0.717) is 0 Å². The zero-order valence-corrected chi connectivity index (χ0v) is 12.2. The van der Waals surface area contributed by atoms with Gasteiger partial charge in [0, 0.05) is 12.7 Å². The van der Waals surface area contributed by atoms with Gasteiger partial charge in [0.2, 0.25) is 0 Å². The first kappa shape index (κ1) is 14.1. The number of halogens is 1. The second-order valence-electron chi connectivity index (χ2n) is 4.67. The molecule has 0 aliphatic carbocycles. The summed E-state index contributed by atoms with van der Waals surface area (Å²) in [5.41, 5.74) is 2.11. The van der Waals surface area contributed by atoms with Crippen molar-refractivity contribution in [1.29, 1.82) is 0 Å². The van der Waals surface area contributed by atoms with E-state index in [2.05, 4.69) is 41.6 Å². The van der Waals surface area contributed by atoms with Crippen molar-refractivity contribution in [3.63, 3.8) is 0 Å². The van der Waals surface area contributed by atoms with Crippen LogP contribution in [0.15, 0.2) is 36.5 Å². The van der Waals surface area contributed by atoms with Gasteiger partial charge in [0.25, 0.3) is 0 Å². The molecule has 0 spiro atoms. The average molecular weight is 278 g/mol. The molecule has 0 aliphatic heterocycles. The molecule has 1 unspecified atom stereocenters. The van der Waals surface area contributed by atoms with E-state index < -0.39 is 0 Å². The fraction of sp³-hybridized carbons (Fsp3) is 0.400. The molecular weight excluding hydrogens is 258 g/mol. The monoisotopic (exact) mass is 277 g/mol. The van der Waals surface area contributed by atoms with E-state index in [9.17, 15) is 0 Å². The molecule has 2 aromatic rings. The van der Waals surface area contributed by atoms with E-state index in [4.69, 9.17) is 11.6 Å². The number of aryl methyl sites for hydroxylation is 1. The third kappa shape index (κ3) is 3.58. The molecule has 0 saturated carbocycles. The van der Waals surface area contributed by atoms with Crippen LogP contribution in [-0.2, 0) is 0 Å². The molecule has 1 aromatic heterocycles. The maximum absolute atomic E-state index is 6.12. The Hall–Kier alpha value is -1.32. The molecular formula is C15H20ClN3. The zero-order chi connectivity index (χ0) is 13.7. The first-order chi connectivity index (χ1) is 9.22. The first-order valence-electron chi connectivity index (χ1n) is 6.69. The lowest BCUT2D eigenvalue weighted by atomic mass is 10.1. The Morgan fingerprint density at radius 2 is 2.05 bits per heavy atom. The van der Waals surface area contributed by atoms with Crippen molar-refractivity contribution in [2.24, 2.45) is 0 Å². The minimum absolute atomic E-state index is 0.180. The van der Waals surface area contributed by atoms with Gasteiger partial charge in [-0.3, -0.25) is 4.68 Å². The van der Waals surface area contributed by atoms with E-state index in [-0.39, 0.29) is 6.04 Å². The highest BCUT2D eigenvalue weighted by atomic mass is 35.5. The third-order valence-electron chi connectivity index (χ3n) is 3.12. The van der Waals surface area contributed by atoms with Crippen molar-refractivity contribution in [2.75, 3.05) is 13.1 Å². The minimum atomic E-state index is 0.180. The van der Waals surface area contributed by atoms with E-state index in [1.807, 2.05) is 23.9 Å². The lowest BCUT2D eigenvalue weighted by Crippen LogP contribution is -2.27. The number of aromatic nitrogens is 2. The fourth-order valence-electron chi connectivity index (χ4n) is 2.07. The quantitative estimate of drug-likeness (QED) is 0.820. The summed E-state index contributed by atoms with van der Waals surface area (Å²) in [5.74, 6) is 0. The van der Waals surface area contributed by atoms with Gasteiger partial charge in [-0.25, -0.2) is 0 Å². The molecule has 0 fully saturated rings. The Morgan fingerprint density at radius 3 is 2.63 bits per heavy atom. The average Bonchev–Trinajstić information content (AvgIpc) is 2.75. The fourth-order valence-corrected chi connectivity index (χ4v) is 2.21. The molecule has 4 heteroatoms. The summed E-state index contributed by atoms with van der Waals surface area (Å²) in [6.07, 6.45) is 3.03. The van der Waals surface area contributed by atoms with Crippen LogP contribution in [0.2, 0.25) is 5.02 Å². The highest BCUT2D eigenvalue weighted by Gasteiger charge is 2.15. The molecule has 0 radical (unpaired) electrons. The van der Waals surface area contributed by atoms with Gasteiger partial charge in [-0.1, -0.05) is 48.9 Å². The molecule has 1 atom stereocenters. The van der Waals surface area contributed by atoms with Gasteiger partial charge in [0.15, 0.2) is 0 Å². The predicted molar refractivity (Wildman–Crippen MR) is 79.7 cm³/mol. The SMILES string of the molecule is CCCNCC(c1ccccc1)n1cc(Cl)c(C)n1. The number of rotatable bonds is 6. The Balaban J connectivity index is 2.23. The molecule has 1 N–H and O–H groups in total. The number of benzene rings is 1. The topological polar surface area (TPSA) is 29.9 Å². The molecule has 1 aromatic carbocycles. The van der Waals surface area contributed by atoms with Gasteiger partial charge in [0.05, 0.1) is 16.8 Å². The highest BCUT2D eigenvalue weighted by Crippen LogP contribution is 2.21. The lowest BCUT2D eigenvalue weighted by Gasteiger charge is -2.18. The summed E-state index contributed by atoms with van der Waals surface area (Å²) in [6, 6.07) is 10.6. The number of nitrogens with one attached hydrogen (secondary N) is 1. The summed E-state index contributed by atoms with van der Waals surface area (Å²) >= 11 is 6.12. The second-order valence-corrected chi connectivity index (χ2v) is 5.08. The Kier molecular flexibility index (Phi) is 5.00. The third-order valence-corrected chi connectivity index (χ3v) is 3.50. The number of nitrogens with zero attached hydrogens (tertiary/aromatic N) is 2. The van der Waals surface area contributed by atoms with Crippen molar-refractivity contribution < 1.29 is 0 Å². The molecule has 0 aliphatic rings. The molecule has 0 bridgehead atoms. The normalized spacial score (nSPS) is 12.6. The summed E-state index contributed by atoms with van der Waals surface area (Å²) in [5, 5.41) is 8.69. The Morgan fingerprint density at radius 1 is 1.32 bits per heavy atom. The van der Waals surface area contributed by atoms with Gasteiger partial charge in [-0.15, -0.1) is 0 Å². The second kappa shape index (κ2) is 6.73. The van der Waals surface area contributed by atoms with Crippen molar-refractivity contribution in [1.82, 2.24) is 15.1 Å². The van der Waals surface area contributed by atoms with Crippen LogP contribution >= 0.6 is 11.6 Å². The summed E-state index contributed by atoms with van der Waals surface area (Å²) in [7, 11) is 0. The molecule has 3 nitrogen and oxygen atoms in total. The van der Waals surface area contributed by atoms with E-state index in [1.54, 1.807) is 0 Å². The zero-order valence-electron chi connectivity index (χ0n) is 11.4. The first-order valence-corrected chi connectivity index (χ1v) is 7.07. The summed E-state index contributed by atoms with van der Waals surface area (Å²) < 4.78 is 1.95. The van der Waals surface area contributed by atoms with Crippen molar-refractivity contribution in [3.05, 3.63) is 52.8 Å². The van der Waals surface area contributed by atoms with Crippen LogP contribution in [0.3, 0.4) is 0 Å². The van der Waals surface area contributed by atoms with Crippen LogP contribution in [0.5, 0.6) is 0 Å². The van der Waals surface area contributed by atoms with Crippen molar-refractivity contribution in [3.8, 4) is 0 Å². The van der Waals surface area contributed by atoms with Gasteiger partial charge in [0.1, 0.15) is 0 Å². The van der Waals surface area contributed by atoms with Crippen LogP contribution in [0.1, 0.15) is 30.6 Å². The molecule has 2 rings (SSSR count). The van der Waals surface area contributed by atoms with Gasteiger partial charge < -0.3 is 5.32 Å². The van der Waals surface area contributed by atoms with Gasteiger partial charge >= 0.3 is 0 Å². The maximum Gasteiger partial charge on any atom is 0.0893 e. The molecule has 102 valence electrons. The van der Waals surface area contributed by atoms with Crippen molar-refractivity contribution in [2.45, 2.75) is 26.3 Å². The van der Waals surface area contributed by atoms with Crippen molar-refractivity contribution >= 4 is 11.6 Å². The summed E-state index contributed by atoms with van der Waals surface area (Å²) in [6.45, 7) is 5.96.